The van der Waals surface area contributed by atoms with E-state index in [1.54, 1.807) is 6.07 Å². The second kappa shape index (κ2) is 7.85. The molecule has 1 aromatic carbocycles. The monoisotopic (exact) mass is 334 g/mol. The average molecular weight is 334 g/mol. The molecule has 24 heavy (non-hydrogen) atoms. The lowest BCUT2D eigenvalue weighted by Gasteiger charge is -2.24. The summed E-state index contributed by atoms with van der Waals surface area (Å²) < 4.78 is 11.0. The summed E-state index contributed by atoms with van der Waals surface area (Å²) in [6.45, 7) is 3.16. The lowest BCUT2D eigenvalue weighted by molar-refractivity contribution is -0.118. The second-order valence-electron chi connectivity index (χ2n) is 6.55. The molecule has 0 radical (unpaired) electrons. The van der Waals surface area contributed by atoms with Gasteiger partial charge in [-0.25, -0.2) is 0 Å². The minimum absolute atomic E-state index is 0.0682. The van der Waals surface area contributed by atoms with Gasteiger partial charge in [0.15, 0.2) is 11.5 Å². The lowest BCUT2D eigenvalue weighted by Crippen LogP contribution is -2.45. The van der Waals surface area contributed by atoms with Gasteiger partial charge in [0, 0.05) is 24.4 Å². The van der Waals surface area contributed by atoms with Crippen molar-refractivity contribution in [2.45, 2.75) is 44.7 Å². The van der Waals surface area contributed by atoms with Gasteiger partial charge in [0.25, 0.3) is 0 Å². The van der Waals surface area contributed by atoms with E-state index >= 15 is 0 Å². The summed E-state index contributed by atoms with van der Waals surface area (Å²) in [5.41, 5.74) is 0.705. The topological polar surface area (TPSA) is 79.8 Å². The molecule has 2 aliphatic rings. The van der Waals surface area contributed by atoms with Crippen LogP contribution in [0.15, 0.2) is 18.2 Å². The highest BCUT2D eigenvalue weighted by atomic mass is 16.6. The molecule has 6 nitrogen and oxygen atoms in total. The lowest BCUT2D eigenvalue weighted by atomic mass is 9.99. The summed E-state index contributed by atoms with van der Waals surface area (Å²) >= 11 is 0. The van der Waals surface area contributed by atoms with Crippen molar-refractivity contribution in [1.29, 1.82) is 0 Å². The molecular weight excluding hydrogens is 308 g/mol. The van der Waals surface area contributed by atoms with Gasteiger partial charge < -0.3 is 25.2 Å². The molecule has 1 amide bonds. The highest BCUT2D eigenvalue weighted by Crippen LogP contribution is 2.32. The third-order valence-corrected chi connectivity index (χ3v) is 4.83. The van der Waals surface area contributed by atoms with Gasteiger partial charge in [0.05, 0.1) is 6.04 Å². The number of carbonyl (C=O) groups excluding carboxylic acids is 1. The Kier molecular flexibility index (Phi) is 5.58. The van der Waals surface area contributed by atoms with Gasteiger partial charge in [-0.1, -0.05) is 6.42 Å². The molecule has 0 unspecified atom stereocenters. The Morgan fingerprint density at radius 2 is 2.08 bits per heavy atom. The fourth-order valence-corrected chi connectivity index (χ4v) is 3.54. The Labute approximate surface area is 142 Å². The Bertz CT molecular complexity index is 578. The highest BCUT2D eigenvalue weighted by Gasteiger charge is 2.29. The van der Waals surface area contributed by atoms with Crippen molar-refractivity contribution in [3.8, 4) is 11.5 Å². The van der Waals surface area contributed by atoms with E-state index in [4.69, 9.17) is 14.6 Å². The van der Waals surface area contributed by atoms with Crippen LogP contribution in [-0.4, -0.2) is 42.9 Å². The fourth-order valence-electron chi connectivity index (χ4n) is 3.54. The van der Waals surface area contributed by atoms with Crippen LogP contribution < -0.4 is 20.1 Å². The smallest absolute Gasteiger partial charge is 0.241 e. The van der Waals surface area contributed by atoms with Crippen molar-refractivity contribution in [2.75, 3.05) is 25.1 Å². The molecule has 0 bridgehead atoms. The Hall–Kier alpha value is -1.79. The third kappa shape index (κ3) is 3.99. The maximum atomic E-state index is 12.4. The number of benzene rings is 1. The van der Waals surface area contributed by atoms with Crippen molar-refractivity contribution in [1.82, 2.24) is 5.32 Å². The molecule has 1 heterocycles. The number of hydrogen-bond donors (Lipinski definition) is 3. The molecule has 0 aromatic heterocycles. The van der Waals surface area contributed by atoms with Gasteiger partial charge in [-0.15, -0.1) is 0 Å². The predicted molar refractivity (Wildman–Crippen MR) is 91.5 cm³/mol. The first-order chi connectivity index (χ1) is 11.7. The van der Waals surface area contributed by atoms with E-state index in [0.29, 0.717) is 42.4 Å². The average Bonchev–Trinajstić information content (AvgIpc) is 3.02. The maximum absolute atomic E-state index is 12.4. The number of amides is 1. The maximum Gasteiger partial charge on any atom is 0.241 e. The van der Waals surface area contributed by atoms with E-state index in [0.717, 1.165) is 25.7 Å². The third-order valence-electron chi connectivity index (χ3n) is 4.83. The van der Waals surface area contributed by atoms with Crippen molar-refractivity contribution < 1.29 is 19.4 Å². The van der Waals surface area contributed by atoms with Crippen molar-refractivity contribution in [2.24, 2.45) is 5.92 Å². The van der Waals surface area contributed by atoms with Crippen molar-refractivity contribution in [3.05, 3.63) is 18.2 Å². The Morgan fingerprint density at radius 1 is 1.29 bits per heavy atom. The molecule has 1 saturated carbocycles. The molecule has 1 aromatic rings. The van der Waals surface area contributed by atoms with Gasteiger partial charge in [-0.05, 0) is 44.2 Å². The van der Waals surface area contributed by atoms with E-state index in [9.17, 15) is 4.79 Å². The highest BCUT2D eigenvalue weighted by molar-refractivity contribution is 5.94. The molecule has 6 heteroatoms. The van der Waals surface area contributed by atoms with Gasteiger partial charge in [0.2, 0.25) is 5.91 Å². The van der Waals surface area contributed by atoms with Crippen LogP contribution in [0.1, 0.15) is 32.6 Å². The number of carbonyl (C=O) groups is 1. The zero-order chi connectivity index (χ0) is 16.9. The van der Waals surface area contributed by atoms with Gasteiger partial charge >= 0.3 is 0 Å². The molecule has 0 spiro atoms. The molecule has 132 valence electrons. The summed E-state index contributed by atoms with van der Waals surface area (Å²) in [7, 11) is 0. The van der Waals surface area contributed by atoms with Gasteiger partial charge in [0.1, 0.15) is 13.2 Å². The first kappa shape index (κ1) is 17.0. The predicted octanol–water partition coefficient (Wildman–Crippen LogP) is 1.93. The Balaban J connectivity index is 1.56. The molecule has 1 aliphatic heterocycles. The van der Waals surface area contributed by atoms with Crippen LogP contribution >= 0.6 is 0 Å². The van der Waals surface area contributed by atoms with E-state index in [1.807, 2.05) is 19.1 Å². The molecule has 1 aliphatic carbocycles. The van der Waals surface area contributed by atoms with E-state index in [-0.39, 0.29) is 18.6 Å². The number of aliphatic hydroxyl groups is 1. The summed E-state index contributed by atoms with van der Waals surface area (Å²) in [6.07, 6.45) is 4.13. The fraction of sp³-hybridized carbons (Fsp3) is 0.611. The summed E-state index contributed by atoms with van der Waals surface area (Å²) in [4.78, 5) is 12.4. The second-order valence-corrected chi connectivity index (χ2v) is 6.55. The van der Waals surface area contributed by atoms with Crippen LogP contribution in [0.5, 0.6) is 11.5 Å². The van der Waals surface area contributed by atoms with Crippen molar-refractivity contribution in [3.63, 3.8) is 0 Å². The summed E-state index contributed by atoms with van der Waals surface area (Å²) in [5, 5.41) is 15.5. The minimum atomic E-state index is -0.289. The largest absolute Gasteiger partial charge is 0.486 e. The number of hydrogen-bond acceptors (Lipinski definition) is 5. The van der Waals surface area contributed by atoms with Crippen LogP contribution in [0.3, 0.4) is 0 Å². The van der Waals surface area contributed by atoms with Gasteiger partial charge in [-0.3, -0.25) is 4.79 Å². The number of nitrogens with one attached hydrogen (secondary N) is 2. The van der Waals surface area contributed by atoms with Crippen LogP contribution in [0.25, 0.3) is 0 Å². The zero-order valence-electron chi connectivity index (χ0n) is 14.1. The van der Waals surface area contributed by atoms with Crippen LogP contribution in [0, 0.1) is 5.92 Å². The normalized spacial score (nSPS) is 23.8. The van der Waals surface area contributed by atoms with Crippen molar-refractivity contribution >= 4 is 11.6 Å². The summed E-state index contributed by atoms with van der Waals surface area (Å²) in [5.74, 6) is 1.77. The number of anilines is 1. The standard InChI is InChI=1S/C18H26N2O4/c1-12(19-15-4-2-3-13(15)7-8-21)18(22)20-14-5-6-16-17(11-14)24-10-9-23-16/h5-6,11-13,15,19,21H,2-4,7-10H2,1H3,(H,20,22)/t12-,13-,15+/m0/s1. The quantitative estimate of drug-likeness (QED) is 0.741. The SMILES string of the molecule is C[C@H](N[C@@H]1CCC[C@H]1CCO)C(=O)Nc1ccc2c(c1)OCCO2. The molecular formula is C18H26N2O4. The molecule has 3 atom stereocenters. The molecule has 3 N–H and O–H groups in total. The number of ether oxygens (including phenoxy) is 2. The Morgan fingerprint density at radius 3 is 2.88 bits per heavy atom. The molecule has 3 rings (SSSR count). The van der Waals surface area contributed by atoms with Gasteiger partial charge in [-0.2, -0.15) is 0 Å². The van der Waals surface area contributed by atoms with Crippen LogP contribution in [-0.2, 0) is 4.79 Å². The summed E-state index contributed by atoms with van der Waals surface area (Å²) in [6, 6.07) is 5.45. The number of aliphatic hydroxyl groups excluding tert-OH is 1. The number of rotatable bonds is 6. The van der Waals surface area contributed by atoms with E-state index in [2.05, 4.69) is 10.6 Å². The van der Waals surface area contributed by atoms with Crippen LogP contribution in [0.4, 0.5) is 5.69 Å². The zero-order valence-corrected chi connectivity index (χ0v) is 14.1. The molecule has 0 saturated heterocycles. The first-order valence-electron chi connectivity index (χ1n) is 8.75. The van der Waals surface area contributed by atoms with E-state index < -0.39 is 0 Å². The minimum Gasteiger partial charge on any atom is -0.486 e. The van der Waals surface area contributed by atoms with Crippen LogP contribution in [0.2, 0.25) is 0 Å². The van der Waals surface area contributed by atoms with E-state index in [1.165, 1.54) is 0 Å². The first-order valence-corrected chi connectivity index (χ1v) is 8.75. The number of fused-ring (bicyclic) bond motifs is 1. The molecule has 1 fully saturated rings.